The normalized spacial score (nSPS) is 10.1. The molecule has 0 radical (unpaired) electrons. The predicted molar refractivity (Wildman–Crippen MR) is 74.5 cm³/mol. The van der Waals surface area contributed by atoms with E-state index in [-0.39, 0.29) is 24.5 Å². The van der Waals surface area contributed by atoms with Gasteiger partial charge in [-0.25, -0.2) is 0 Å². The van der Waals surface area contributed by atoms with Gasteiger partial charge < -0.3 is 9.64 Å². The van der Waals surface area contributed by atoms with E-state index in [1.54, 1.807) is 36.3 Å². The number of carbonyl (C=O) groups excluding carboxylic acids is 2. The minimum Gasteiger partial charge on any atom is -0.497 e. The van der Waals surface area contributed by atoms with Crippen molar-refractivity contribution in [2.45, 2.75) is 26.7 Å². The molecular formula is C15H21NO3. The molecular weight excluding hydrogens is 242 g/mol. The SMILES string of the molecule is CCN(CC)C(=O)CCC(=O)c1ccc(OC)cc1. The predicted octanol–water partition coefficient (Wildman–Crippen LogP) is 2.53. The summed E-state index contributed by atoms with van der Waals surface area (Å²) >= 11 is 0. The average Bonchev–Trinajstić information content (AvgIpc) is 2.46. The van der Waals surface area contributed by atoms with E-state index >= 15 is 0 Å². The molecule has 0 unspecified atom stereocenters. The Morgan fingerprint density at radius 2 is 1.63 bits per heavy atom. The standard InChI is InChI=1S/C15H21NO3/c1-4-16(5-2)15(18)11-10-14(17)12-6-8-13(19-3)9-7-12/h6-9H,4-5,10-11H2,1-3H3. The van der Waals surface area contributed by atoms with Gasteiger partial charge in [0.2, 0.25) is 5.91 Å². The maximum absolute atomic E-state index is 11.9. The summed E-state index contributed by atoms with van der Waals surface area (Å²) in [6, 6.07) is 6.95. The van der Waals surface area contributed by atoms with Gasteiger partial charge in [0.05, 0.1) is 7.11 Å². The summed E-state index contributed by atoms with van der Waals surface area (Å²) in [6.45, 7) is 5.25. The minimum atomic E-state index is -0.0110. The second-order valence-electron chi connectivity index (χ2n) is 4.22. The number of carbonyl (C=O) groups is 2. The van der Waals surface area contributed by atoms with Gasteiger partial charge >= 0.3 is 0 Å². The lowest BCUT2D eigenvalue weighted by molar-refractivity contribution is -0.130. The summed E-state index contributed by atoms with van der Waals surface area (Å²) in [5.74, 6) is 0.741. The number of ether oxygens (including phenoxy) is 1. The average molecular weight is 263 g/mol. The van der Waals surface area contributed by atoms with E-state index in [4.69, 9.17) is 4.74 Å². The Morgan fingerprint density at radius 1 is 1.05 bits per heavy atom. The third kappa shape index (κ3) is 4.39. The summed E-state index contributed by atoms with van der Waals surface area (Å²) in [6.07, 6.45) is 0.522. The van der Waals surface area contributed by atoms with Gasteiger partial charge in [-0.3, -0.25) is 9.59 Å². The summed E-state index contributed by atoms with van der Waals surface area (Å²) in [5.41, 5.74) is 0.619. The third-order valence-corrected chi connectivity index (χ3v) is 3.09. The number of hydrogen-bond acceptors (Lipinski definition) is 3. The molecule has 0 atom stereocenters. The van der Waals surface area contributed by atoms with Crippen LogP contribution in [0.3, 0.4) is 0 Å². The molecule has 4 nitrogen and oxygen atoms in total. The Labute approximate surface area is 114 Å². The van der Waals surface area contributed by atoms with Crippen LogP contribution in [0.2, 0.25) is 0 Å². The van der Waals surface area contributed by atoms with Crippen LogP contribution in [0, 0.1) is 0 Å². The van der Waals surface area contributed by atoms with E-state index in [1.807, 2.05) is 13.8 Å². The number of rotatable bonds is 7. The first-order chi connectivity index (χ1) is 9.12. The van der Waals surface area contributed by atoms with E-state index in [2.05, 4.69) is 0 Å². The van der Waals surface area contributed by atoms with Gasteiger partial charge in [0.1, 0.15) is 5.75 Å². The molecule has 0 fully saturated rings. The van der Waals surface area contributed by atoms with Crippen molar-refractivity contribution in [2.75, 3.05) is 20.2 Å². The molecule has 0 saturated heterocycles. The zero-order valence-corrected chi connectivity index (χ0v) is 11.8. The van der Waals surface area contributed by atoms with Gasteiger partial charge in [-0.1, -0.05) is 0 Å². The summed E-state index contributed by atoms with van der Waals surface area (Å²) in [4.78, 5) is 25.5. The van der Waals surface area contributed by atoms with Crippen LogP contribution in [0.15, 0.2) is 24.3 Å². The Kier molecular flexibility index (Phi) is 6.06. The van der Waals surface area contributed by atoms with Crippen LogP contribution in [-0.4, -0.2) is 36.8 Å². The van der Waals surface area contributed by atoms with Gasteiger partial charge in [0.25, 0.3) is 0 Å². The lowest BCUT2D eigenvalue weighted by Gasteiger charge is -2.18. The molecule has 1 aromatic carbocycles. The van der Waals surface area contributed by atoms with Crippen molar-refractivity contribution in [3.05, 3.63) is 29.8 Å². The van der Waals surface area contributed by atoms with Crippen LogP contribution in [-0.2, 0) is 4.79 Å². The quantitative estimate of drug-likeness (QED) is 0.710. The van der Waals surface area contributed by atoms with Gasteiger partial charge in [-0.05, 0) is 38.1 Å². The topological polar surface area (TPSA) is 46.6 Å². The highest BCUT2D eigenvalue weighted by Gasteiger charge is 2.13. The maximum atomic E-state index is 11.9. The molecule has 0 saturated carbocycles. The molecule has 0 bridgehead atoms. The molecule has 1 amide bonds. The highest BCUT2D eigenvalue weighted by molar-refractivity contribution is 5.98. The summed E-state index contributed by atoms with van der Waals surface area (Å²) < 4.78 is 5.04. The van der Waals surface area contributed by atoms with Gasteiger partial charge in [-0.2, -0.15) is 0 Å². The van der Waals surface area contributed by atoms with Crippen LogP contribution >= 0.6 is 0 Å². The van der Waals surface area contributed by atoms with Crippen molar-refractivity contribution < 1.29 is 14.3 Å². The first-order valence-electron chi connectivity index (χ1n) is 6.57. The highest BCUT2D eigenvalue weighted by atomic mass is 16.5. The van der Waals surface area contributed by atoms with Gasteiger partial charge in [-0.15, -0.1) is 0 Å². The number of methoxy groups -OCH3 is 1. The molecule has 0 aliphatic carbocycles. The van der Waals surface area contributed by atoms with E-state index in [0.717, 1.165) is 5.75 Å². The molecule has 0 heterocycles. The Hall–Kier alpha value is -1.84. The number of ketones is 1. The molecule has 0 aliphatic rings. The second-order valence-corrected chi connectivity index (χ2v) is 4.22. The number of benzene rings is 1. The number of hydrogen-bond donors (Lipinski definition) is 0. The molecule has 19 heavy (non-hydrogen) atoms. The van der Waals surface area contributed by atoms with Crippen LogP contribution in [0.25, 0.3) is 0 Å². The summed E-state index contributed by atoms with van der Waals surface area (Å²) in [7, 11) is 1.58. The maximum Gasteiger partial charge on any atom is 0.223 e. The van der Waals surface area contributed by atoms with E-state index in [1.165, 1.54) is 0 Å². The van der Waals surface area contributed by atoms with Crippen LogP contribution < -0.4 is 4.74 Å². The fourth-order valence-corrected chi connectivity index (χ4v) is 1.88. The largest absolute Gasteiger partial charge is 0.497 e. The lowest BCUT2D eigenvalue weighted by Crippen LogP contribution is -2.30. The van der Waals surface area contributed by atoms with Crippen molar-refractivity contribution in [1.29, 1.82) is 0 Å². The lowest BCUT2D eigenvalue weighted by atomic mass is 10.1. The smallest absolute Gasteiger partial charge is 0.223 e. The van der Waals surface area contributed by atoms with Crippen LogP contribution in [0.4, 0.5) is 0 Å². The molecule has 0 aliphatic heterocycles. The number of Topliss-reactive ketones (excluding diaryl/α,β-unsaturated/α-hetero) is 1. The fourth-order valence-electron chi connectivity index (χ4n) is 1.88. The van der Waals surface area contributed by atoms with E-state index in [0.29, 0.717) is 18.7 Å². The zero-order valence-electron chi connectivity index (χ0n) is 11.8. The van der Waals surface area contributed by atoms with Crippen LogP contribution in [0.5, 0.6) is 5.75 Å². The first kappa shape index (κ1) is 15.2. The molecule has 4 heteroatoms. The van der Waals surface area contributed by atoms with E-state index < -0.39 is 0 Å². The number of nitrogens with zero attached hydrogens (tertiary/aromatic N) is 1. The molecule has 1 aromatic rings. The molecule has 0 aromatic heterocycles. The third-order valence-electron chi connectivity index (χ3n) is 3.09. The zero-order chi connectivity index (χ0) is 14.3. The van der Waals surface area contributed by atoms with Crippen molar-refractivity contribution in [1.82, 2.24) is 4.90 Å². The van der Waals surface area contributed by atoms with E-state index in [9.17, 15) is 9.59 Å². The number of amides is 1. The second kappa shape index (κ2) is 7.56. The molecule has 104 valence electrons. The van der Waals surface area contributed by atoms with Crippen molar-refractivity contribution in [2.24, 2.45) is 0 Å². The first-order valence-corrected chi connectivity index (χ1v) is 6.57. The van der Waals surface area contributed by atoms with Crippen molar-refractivity contribution >= 4 is 11.7 Å². The minimum absolute atomic E-state index is 0.0110. The monoisotopic (exact) mass is 263 g/mol. The molecule has 0 N–H and O–H groups in total. The Bertz CT molecular complexity index is 422. The Balaban J connectivity index is 2.52. The Morgan fingerprint density at radius 3 is 2.11 bits per heavy atom. The summed E-state index contributed by atoms with van der Waals surface area (Å²) in [5, 5.41) is 0. The van der Waals surface area contributed by atoms with Crippen LogP contribution in [0.1, 0.15) is 37.0 Å². The van der Waals surface area contributed by atoms with Crippen molar-refractivity contribution in [3.8, 4) is 5.75 Å². The fraction of sp³-hybridized carbons (Fsp3) is 0.467. The molecule has 0 spiro atoms. The van der Waals surface area contributed by atoms with Crippen molar-refractivity contribution in [3.63, 3.8) is 0 Å². The van der Waals surface area contributed by atoms with Gasteiger partial charge in [0, 0.05) is 31.5 Å². The molecule has 1 rings (SSSR count). The van der Waals surface area contributed by atoms with Gasteiger partial charge in [0.15, 0.2) is 5.78 Å². The highest BCUT2D eigenvalue weighted by Crippen LogP contribution is 2.13.